The van der Waals surface area contributed by atoms with Crippen LogP contribution < -0.4 is 15.0 Å². The zero-order valence-electron chi connectivity index (χ0n) is 22.1. The van der Waals surface area contributed by atoms with Crippen LogP contribution in [-0.2, 0) is 6.54 Å². The molecular formula is C28H34F3N7O3. The molecule has 1 aliphatic heterocycles. The van der Waals surface area contributed by atoms with Crippen LogP contribution in [0.4, 0.5) is 29.6 Å². The Bertz CT molecular complexity index is 1340. The molecule has 2 aromatic carbocycles. The Morgan fingerprint density at radius 2 is 1.88 bits per heavy atom. The van der Waals surface area contributed by atoms with Gasteiger partial charge in [-0.1, -0.05) is 44.6 Å². The van der Waals surface area contributed by atoms with E-state index in [0.29, 0.717) is 36.2 Å². The van der Waals surface area contributed by atoms with E-state index >= 15 is 0 Å². The van der Waals surface area contributed by atoms with Crippen molar-refractivity contribution in [2.75, 3.05) is 16.8 Å². The van der Waals surface area contributed by atoms with Crippen LogP contribution in [0.1, 0.15) is 62.9 Å². The third-order valence-corrected chi connectivity index (χ3v) is 7.88. The number of rotatable bonds is 7. The van der Waals surface area contributed by atoms with Gasteiger partial charge in [0.05, 0.1) is 12.1 Å². The molecular weight excluding hydrogens is 539 g/mol. The fraction of sp³-hybridized carbons (Fsp3) is 0.464. The molecule has 10 nitrogen and oxygen atoms in total. The number of aromatic amines is 1. The number of H-pyrrole nitrogens is 1. The lowest BCUT2D eigenvalue weighted by atomic mass is 9.72. The number of halogens is 3. The first kappa shape index (κ1) is 29.8. The first-order chi connectivity index (χ1) is 19.0. The summed E-state index contributed by atoms with van der Waals surface area (Å²) in [5.74, 6) is 0.364. The molecule has 220 valence electrons. The van der Waals surface area contributed by atoms with Crippen molar-refractivity contribution in [2.45, 2.75) is 65.4 Å². The van der Waals surface area contributed by atoms with Crippen LogP contribution in [0.3, 0.4) is 0 Å². The van der Waals surface area contributed by atoms with Crippen molar-refractivity contribution in [1.82, 2.24) is 25.5 Å². The number of amides is 3. The molecule has 2 heterocycles. The van der Waals surface area contributed by atoms with Crippen molar-refractivity contribution in [1.29, 1.82) is 0 Å². The minimum atomic E-state index is -4.83. The largest absolute Gasteiger partial charge is 0.573 e. The highest BCUT2D eigenvalue weighted by molar-refractivity contribution is 6.03. The molecule has 2 aliphatic rings. The second-order valence-corrected chi connectivity index (χ2v) is 10.7. The molecule has 2 fully saturated rings. The quantitative estimate of drug-likeness (QED) is 0.357. The van der Waals surface area contributed by atoms with E-state index in [9.17, 15) is 22.8 Å². The summed E-state index contributed by atoms with van der Waals surface area (Å²) in [6.07, 6.45) is -1.32. The zero-order valence-corrected chi connectivity index (χ0v) is 22.1. The molecule has 2 N–H and O–H groups in total. The highest BCUT2D eigenvalue weighted by Crippen LogP contribution is 2.45. The van der Waals surface area contributed by atoms with Gasteiger partial charge in [0.1, 0.15) is 5.75 Å². The minimum Gasteiger partial charge on any atom is -0.406 e. The van der Waals surface area contributed by atoms with Gasteiger partial charge in [0.25, 0.3) is 11.9 Å². The number of hydrogen-bond donors (Lipinski definition) is 2. The summed E-state index contributed by atoms with van der Waals surface area (Å²) in [5, 5.41) is 15.6. The van der Waals surface area contributed by atoms with Crippen molar-refractivity contribution >= 4 is 23.6 Å². The molecule has 0 bridgehead atoms. The second-order valence-electron chi connectivity index (χ2n) is 10.7. The molecule has 1 aliphatic carbocycles. The maximum absolute atomic E-state index is 13.9. The minimum absolute atomic E-state index is 0. The van der Waals surface area contributed by atoms with Crippen LogP contribution in [0, 0.1) is 11.8 Å². The lowest BCUT2D eigenvalue weighted by Gasteiger charge is -2.43. The van der Waals surface area contributed by atoms with Gasteiger partial charge in [-0.2, -0.15) is 5.21 Å². The fourth-order valence-corrected chi connectivity index (χ4v) is 5.69. The maximum atomic E-state index is 13.9. The van der Waals surface area contributed by atoms with Gasteiger partial charge < -0.3 is 9.64 Å². The molecule has 0 unspecified atom stereocenters. The summed E-state index contributed by atoms with van der Waals surface area (Å²) in [7, 11) is 0. The van der Waals surface area contributed by atoms with Gasteiger partial charge in [0.2, 0.25) is 0 Å². The second kappa shape index (κ2) is 11.8. The number of aromatic nitrogens is 4. The summed E-state index contributed by atoms with van der Waals surface area (Å²) in [4.78, 5) is 29.7. The molecule has 1 saturated heterocycles. The van der Waals surface area contributed by atoms with Crippen LogP contribution in [0.25, 0.3) is 0 Å². The third kappa shape index (κ3) is 6.60. The van der Waals surface area contributed by atoms with E-state index < -0.39 is 17.8 Å². The van der Waals surface area contributed by atoms with Crippen molar-refractivity contribution < 1.29 is 27.5 Å². The van der Waals surface area contributed by atoms with Crippen LogP contribution in [-0.4, -0.2) is 55.9 Å². The van der Waals surface area contributed by atoms with E-state index in [1.165, 1.54) is 18.2 Å². The number of benzene rings is 2. The van der Waals surface area contributed by atoms with Gasteiger partial charge in [-0.15, -0.1) is 18.3 Å². The summed E-state index contributed by atoms with van der Waals surface area (Å²) in [5.41, 5.74) is 1.10. The number of carbonyl (C=O) groups is 2. The number of nitrogens with one attached hydrogen (secondary N) is 2. The smallest absolute Gasteiger partial charge is 0.406 e. The van der Waals surface area contributed by atoms with Crippen LogP contribution >= 0.6 is 0 Å². The van der Waals surface area contributed by atoms with E-state index in [1.54, 1.807) is 35.2 Å². The van der Waals surface area contributed by atoms with E-state index in [4.69, 9.17) is 0 Å². The molecule has 3 aromatic rings. The van der Waals surface area contributed by atoms with Crippen LogP contribution in [0.15, 0.2) is 48.5 Å². The highest BCUT2D eigenvalue weighted by atomic mass is 19.4. The fourth-order valence-electron chi connectivity index (χ4n) is 5.69. The first-order valence-electron chi connectivity index (χ1n) is 13.1. The third-order valence-electron chi connectivity index (χ3n) is 7.88. The predicted octanol–water partition coefficient (Wildman–Crippen LogP) is 6.01. The maximum Gasteiger partial charge on any atom is 0.573 e. The number of tetrazole rings is 1. The number of urea groups is 1. The number of hydrogen-bond acceptors (Lipinski definition) is 6. The molecule has 1 saturated carbocycles. The van der Waals surface area contributed by atoms with Crippen molar-refractivity contribution in [3.05, 3.63) is 59.7 Å². The molecule has 0 radical (unpaired) electrons. The number of anilines is 2. The highest BCUT2D eigenvalue weighted by Gasteiger charge is 2.51. The molecule has 3 amide bonds. The van der Waals surface area contributed by atoms with Gasteiger partial charge in [-0.25, -0.2) is 4.79 Å². The summed E-state index contributed by atoms with van der Waals surface area (Å²) in [6.45, 7) is 5.08. The van der Waals surface area contributed by atoms with E-state index in [0.717, 1.165) is 31.2 Å². The van der Waals surface area contributed by atoms with E-state index in [-0.39, 0.29) is 25.2 Å². The molecule has 5 rings (SSSR count). The average molecular weight is 574 g/mol. The summed E-state index contributed by atoms with van der Waals surface area (Å²) in [6, 6.07) is 12.1. The lowest BCUT2D eigenvalue weighted by molar-refractivity contribution is -0.274. The van der Waals surface area contributed by atoms with Crippen molar-refractivity contribution in [3.8, 4) is 5.75 Å². The first-order valence-corrected chi connectivity index (χ1v) is 13.1. The van der Waals surface area contributed by atoms with E-state index in [2.05, 4.69) is 44.5 Å². The zero-order chi connectivity index (χ0) is 28.5. The summed E-state index contributed by atoms with van der Waals surface area (Å²) < 4.78 is 42.6. The van der Waals surface area contributed by atoms with Gasteiger partial charge in [-0.05, 0) is 72.6 Å². The molecule has 13 heteroatoms. The summed E-state index contributed by atoms with van der Waals surface area (Å²) >= 11 is 0. The molecule has 41 heavy (non-hydrogen) atoms. The van der Waals surface area contributed by atoms with Gasteiger partial charge in [0.15, 0.2) is 0 Å². The Hall–Kier alpha value is -4.16. The van der Waals surface area contributed by atoms with Gasteiger partial charge in [0, 0.05) is 23.9 Å². The number of alkyl halides is 3. The monoisotopic (exact) mass is 573 g/mol. The normalized spacial score (nSPS) is 20.8. The SMILES string of the molecule is C.CC(C)C1CCC2(CC1)CN(c1cccc(OC(F)(F)F)c1)C(=O)N2Cc1ccc(C(=O)Nc2nn[nH]n2)cc1. The van der Waals surface area contributed by atoms with Gasteiger partial charge >= 0.3 is 12.4 Å². The predicted molar refractivity (Wildman–Crippen MR) is 146 cm³/mol. The molecule has 1 aromatic heterocycles. The Balaban J connectivity index is 0.00000387. The van der Waals surface area contributed by atoms with Crippen molar-refractivity contribution in [2.24, 2.45) is 11.8 Å². The topological polar surface area (TPSA) is 116 Å². The number of nitrogens with zero attached hydrogens (tertiary/aromatic N) is 5. The Kier molecular flexibility index (Phi) is 8.55. The van der Waals surface area contributed by atoms with Crippen LogP contribution in [0.2, 0.25) is 0 Å². The average Bonchev–Trinajstić information content (AvgIpc) is 3.51. The Morgan fingerprint density at radius 3 is 2.49 bits per heavy atom. The van der Waals surface area contributed by atoms with E-state index in [1.807, 2.05) is 4.90 Å². The molecule has 1 spiro atoms. The lowest BCUT2D eigenvalue weighted by Crippen LogP contribution is -2.49. The Labute approximate surface area is 236 Å². The Morgan fingerprint density at radius 1 is 1.17 bits per heavy atom. The standard InChI is InChI=1S/C27H30F3N7O3.CH4/c1-17(2)19-10-12-26(13-11-19)16-36(21-4-3-5-22(14-21)40-27(28,29)30)25(39)37(26)15-18-6-8-20(9-7-18)23(38)31-24-32-34-35-33-24;/h3-9,14,17,19H,10-13,15-16H2,1-2H3,(H2,31,32,33,34,35,38);1H4. The molecule has 0 atom stereocenters. The van der Waals surface area contributed by atoms with Crippen LogP contribution in [0.5, 0.6) is 5.75 Å². The van der Waals surface area contributed by atoms with Crippen molar-refractivity contribution in [3.63, 3.8) is 0 Å². The number of ether oxygens (including phenoxy) is 1. The number of carbonyl (C=O) groups excluding carboxylic acids is 2. The van der Waals surface area contributed by atoms with Gasteiger partial charge in [-0.3, -0.25) is 15.0 Å².